The molecule has 2 fully saturated rings. The van der Waals surface area contributed by atoms with Crippen molar-refractivity contribution in [3.05, 3.63) is 30.1 Å². The topological polar surface area (TPSA) is 33.2 Å². The van der Waals surface area contributed by atoms with Crippen LogP contribution in [0.3, 0.4) is 0 Å². The Kier molecular flexibility index (Phi) is 3.41. The summed E-state index contributed by atoms with van der Waals surface area (Å²) in [6.07, 6.45) is 10.1. The van der Waals surface area contributed by atoms with Crippen LogP contribution in [0.15, 0.2) is 24.5 Å². The molecule has 18 heavy (non-hydrogen) atoms. The number of hydrogen-bond acceptors (Lipinski definition) is 3. The molecule has 2 aliphatic heterocycles. The van der Waals surface area contributed by atoms with Crippen molar-refractivity contribution >= 4 is 5.78 Å². The minimum absolute atomic E-state index is 0.477. The zero-order chi connectivity index (χ0) is 12.4. The van der Waals surface area contributed by atoms with Crippen molar-refractivity contribution in [3.63, 3.8) is 0 Å². The molecule has 2 bridgehead atoms. The second kappa shape index (κ2) is 5.19. The Balaban J connectivity index is 1.64. The average molecular weight is 244 g/mol. The van der Waals surface area contributed by atoms with E-state index in [0.29, 0.717) is 17.9 Å². The number of ketones is 1. The number of rotatable bonds is 3. The molecule has 0 N–H and O–H groups in total. The fourth-order valence-corrected chi connectivity index (χ4v) is 3.44. The van der Waals surface area contributed by atoms with Crippen molar-refractivity contribution in [2.75, 3.05) is 6.54 Å². The van der Waals surface area contributed by atoms with Gasteiger partial charge in [0.1, 0.15) is 5.78 Å². The van der Waals surface area contributed by atoms with Gasteiger partial charge in [-0.05, 0) is 37.0 Å². The van der Waals surface area contributed by atoms with Crippen LogP contribution in [0.25, 0.3) is 0 Å². The molecule has 2 unspecified atom stereocenters. The molecule has 0 amide bonds. The van der Waals surface area contributed by atoms with Gasteiger partial charge in [-0.2, -0.15) is 0 Å². The summed E-state index contributed by atoms with van der Waals surface area (Å²) >= 11 is 0. The van der Waals surface area contributed by atoms with E-state index in [2.05, 4.69) is 22.0 Å². The largest absolute Gasteiger partial charge is 0.300 e. The van der Waals surface area contributed by atoms with E-state index >= 15 is 0 Å². The van der Waals surface area contributed by atoms with Crippen molar-refractivity contribution in [2.45, 2.75) is 50.6 Å². The number of nitrogens with zero attached hydrogens (tertiary/aromatic N) is 2. The molecule has 0 radical (unpaired) electrons. The molecule has 3 nitrogen and oxygen atoms in total. The number of pyridine rings is 1. The Bertz CT molecular complexity index is 402. The highest BCUT2D eigenvalue weighted by atomic mass is 16.1. The van der Waals surface area contributed by atoms with Gasteiger partial charge in [-0.25, -0.2) is 0 Å². The van der Waals surface area contributed by atoms with E-state index in [1.807, 2.05) is 12.4 Å². The number of piperidine rings is 2. The molecule has 3 heteroatoms. The lowest BCUT2D eigenvalue weighted by Crippen LogP contribution is -2.52. The predicted octanol–water partition coefficient (Wildman–Crippen LogP) is 2.21. The fourth-order valence-electron chi connectivity index (χ4n) is 3.44. The quantitative estimate of drug-likeness (QED) is 0.817. The van der Waals surface area contributed by atoms with E-state index in [-0.39, 0.29) is 0 Å². The van der Waals surface area contributed by atoms with Crippen LogP contribution in [0.1, 0.15) is 37.7 Å². The van der Waals surface area contributed by atoms with Gasteiger partial charge in [-0.15, -0.1) is 0 Å². The monoisotopic (exact) mass is 244 g/mol. The average Bonchev–Trinajstić information content (AvgIpc) is 2.37. The lowest BCUT2D eigenvalue weighted by atomic mass is 9.83. The van der Waals surface area contributed by atoms with Crippen LogP contribution in [0.5, 0.6) is 0 Å². The molecule has 1 aromatic rings. The molecule has 2 atom stereocenters. The second-order valence-corrected chi connectivity index (χ2v) is 5.53. The third-order valence-electron chi connectivity index (χ3n) is 4.35. The Morgan fingerprint density at radius 1 is 1.17 bits per heavy atom. The lowest BCUT2D eigenvalue weighted by molar-refractivity contribution is -0.127. The van der Waals surface area contributed by atoms with Crippen molar-refractivity contribution in [1.82, 2.24) is 9.88 Å². The summed E-state index contributed by atoms with van der Waals surface area (Å²) in [4.78, 5) is 18.3. The number of hydrogen-bond donors (Lipinski definition) is 0. The number of carbonyl (C=O) groups excluding carboxylic acids is 1. The zero-order valence-corrected chi connectivity index (χ0v) is 10.7. The van der Waals surface area contributed by atoms with Crippen LogP contribution in [-0.4, -0.2) is 34.3 Å². The Labute approximate surface area is 108 Å². The molecule has 2 saturated heterocycles. The highest BCUT2D eigenvalue weighted by Crippen LogP contribution is 2.32. The maximum Gasteiger partial charge on any atom is 0.136 e. The van der Waals surface area contributed by atoms with E-state index < -0.39 is 0 Å². The van der Waals surface area contributed by atoms with Gasteiger partial charge in [-0.1, -0.05) is 6.42 Å². The van der Waals surface area contributed by atoms with Crippen LogP contribution >= 0.6 is 0 Å². The highest BCUT2D eigenvalue weighted by molar-refractivity contribution is 5.80. The molecule has 0 aromatic carbocycles. The van der Waals surface area contributed by atoms with Crippen LogP contribution < -0.4 is 0 Å². The summed E-state index contributed by atoms with van der Waals surface area (Å²) in [5, 5.41) is 0. The highest BCUT2D eigenvalue weighted by Gasteiger charge is 2.36. The van der Waals surface area contributed by atoms with Crippen molar-refractivity contribution in [1.29, 1.82) is 0 Å². The first-order valence-electron chi connectivity index (χ1n) is 6.99. The van der Waals surface area contributed by atoms with Gasteiger partial charge in [0.2, 0.25) is 0 Å². The SMILES string of the molecule is O=C1CC2CCCC(C1)N2CCc1ccncc1. The molecule has 3 rings (SSSR count). The maximum atomic E-state index is 11.7. The number of fused-ring (bicyclic) bond motifs is 2. The van der Waals surface area contributed by atoms with Crippen LogP contribution in [-0.2, 0) is 11.2 Å². The maximum absolute atomic E-state index is 11.7. The summed E-state index contributed by atoms with van der Waals surface area (Å²) in [6, 6.07) is 5.22. The summed E-state index contributed by atoms with van der Waals surface area (Å²) in [7, 11) is 0. The van der Waals surface area contributed by atoms with Gasteiger partial charge in [0, 0.05) is 43.9 Å². The Morgan fingerprint density at radius 2 is 1.83 bits per heavy atom. The van der Waals surface area contributed by atoms with Gasteiger partial charge in [0.05, 0.1) is 0 Å². The van der Waals surface area contributed by atoms with Gasteiger partial charge < -0.3 is 0 Å². The van der Waals surface area contributed by atoms with Crippen LogP contribution in [0.2, 0.25) is 0 Å². The summed E-state index contributed by atoms with van der Waals surface area (Å²) in [5.41, 5.74) is 1.35. The van der Waals surface area contributed by atoms with Crippen molar-refractivity contribution in [2.24, 2.45) is 0 Å². The third-order valence-corrected chi connectivity index (χ3v) is 4.35. The lowest BCUT2D eigenvalue weighted by Gasteiger charge is -2.45. The van der Waals surface area contributed by atoms with Crippen molar-refractivity contribution in [3.8, 4) is 0 Å². The Morgan fingerprint density at radius 3 is 2.50 bits per heavy atom. The molecule has 0 spiro atoms. The molecular formula is C15H20N2O. The zero-order valence-electron chi connectivity index (χ0n) is 10.7. The van der Waals surface area contributed by atoms with Crippen LogP contribution in [0.4, 0.5) is 0 Å². The van der Waals surface area contributed by atoms with E-state index in [1.54, 1.807) is 0 Å². The first-order chi connectivity index (χ1) is 8.83. The van der Waals surface area contributed by atoms with E-state index in [4.69, 9.17) is 0 Å². The molecule has 3 heterocycles. The molecule has 0 aliphatic carbocycles. The normalized spacial score (nSPS) is 28.3. The molecular weight excluding hydrogens is 224 g/mol. The first-order valence-corrected chi connectivity index (χ1v) is 6.99. The second-order valence-electron chi connectivity index (χ2n) is 5.53. The number of aromatic nitrogens is 1. The summed E-state index contributed by atoms with van der Waals surface area (Å²) in [6.45, 7) is 1.09. The summed E-state index contributed by atoms with van der Waals surface area (Å²) in [5.74, 6) is 0.477. The molecule has 1 aromatic heterocycles. The number of carbonyl (C=O) groups is 1. The first kappa shape index (κ1) is 11.8. The summed E-state index contributed by atoms with van der Waals surface area (Å²) < 4.78 is 0. The van der Waals surface area contributed by atoms with Crippen molar-refractivity contribution < 1.29 is 4.79 Å². The van der Waals surface area contributed by atoms with Crippen LogP contribution in [0, 0.1) is 0 Å². The fraction of sp³-hybridized carbons (Fsp3) is 0.600. The van der Waals surface area contributed by atoms with E-state index in [9.17, 15) is 4.79 Å². The smallest absolute Gasteiger partial charge is 0.136 e. The molecule has 2 aliphatic rings. The van der Waals surface area contributed by atoms with Gasteiger partial charge >= 0.3 is 0 Å². The predicted molar refractivity (Wildman–Crippen MR) is 70.3 cm³/mol. The molecule has 0 saturated carbocycles. The number of Topliss-reactive ketones (excluding diaryl/α,β-unsaturated/α-hetero) is 1. The van der Waals surface area contributed by atoms with Gasteiger partial charge in [0.15, 0.2) is 0 Å². The Hall–Kier alpha value is -1.22. The van der Waals surface area contributed by atoms with E-state index in [0.717, 1.165) is 25.8 Å². The standard InChI is InChI=1S/C15H20N2O/c18-15-10-13-2-1-3-14(11-15)17(13)9-6-12-4-7-16-8-5-12/h4-5,7-8,13-14H,1-3,6,9-11H2. The molecule has 96 valence electrons. The minimum Gasteiger partial charge on any atom is -0.300 e. The van der Waals surface area contributed by atoms with Gasteiger partial charge in [-0.3, -0.25) is 14.7 Å². The minimum atomic E-state index is 0.477. The third kappa shape index (κ3) is 2.46. The van der Waals surface area contributed by atoms with Gasteiger partial charge in [0.25, 0.3) is 0 Å². The van der Waals surface area contributed by atoms with E-state index in [1.165, 1.54) is 24.8 Å².